The lowest BCUT2D eigenvalue weighted by molar-refractivity contribution is 0.122. The Morgan fingerprint density at radius 2 is 1.78 bits per heavy atom. The molecule has 4 aromatic rings. The highest BCUT2D eigenvalue weighted by atomic mass is 16.5. The third-order valence-electron chi connectivity index (χ3n) is 4.99. The largest absolute Gasteiger partial charge is 0.378 e. The number of ether oxygens (including phenoxy) is 1. The van der Waals surface area contributed by atoms with E-state index in [9.17, 15) is 4.79 Å². The lowest BCUT2D eigenvalue weighted by atomic mass is 9.97. The van der Waals surface area contributed by atoms with Gasteiger partial charge in [0.05, 0.1) is 18.6 Å². The predicted molar refractivity (Wildman–Crippen MR) is 106 cm³/mol. The van der Waals surface area contributed by atoms with Gasteiger partial charge in [0.25, 0.3) is 5.56 Å². The van der Waals surface area contributed by atoms with Gasteiger partial charge in [-0.2, -0.15) is 4.98 Å². The highest BCUT2D eigenvalue weighted by Crippen LogP contribution is 2.31. The zero-order valence-corrected chi connectivity index (χ0v) is 14.7. The van der Waals surface area contributed by atoms with Crippen LogP contribution in [0, 0.1) is 0 Å². The molecule has 3 heterocycles. The van der Waals surface area contributed by atoms with Crippen LogP contribution in [-0.2, 0) is 4.74 Å². The maximum atomic E-state index is 13.0. The first kappa shape index (κ1) is 16.0. The summed E-state index contributed by atoms with van der Waals surface area (Å²) < 4.78 is 5.38. The van der Waals surface area contributed by atoms with Crippen molar-refractivity contribution in [3.8, 4) is 11.1 Å². The second kappa shape index (κ2) is 6.48. The molecule has 5 rings (SSSR count). The SMILES string of the molecule is O=c1[nH]c(N2CCOCC2)nc2nccc(-c3cccc4ccccc34)c12. The number of morpholine rings is 1. The number of pyridine rings is 1. The molecule has 0 atom stereocenters. The zero-order valence-electron chi connectivity index (χ0n) is 14.7. The van der Waals surface area contributed by atoms with E-state index >= 15 is 0 Å². The van der Waals surface area contributed by atoms with Gasteiger partial charge in [-0.15, -0.1) is 0 Å². The summed E-state index contributed by atoms with van der Waals surface area (Å²) in [4.78, 5) is 26.9. The Kier molecular flexibility index (Phi) is 3.83. The molecule has 27 heavy (non-hydrogen) atoms. The van der Waals surface area contributed by atoms with Crippen LogP contribution in [0.4, 0.5) is 5.95 Å². The van der Waals surface area contributed by atoms with Crippen LogP contribution in [-0.4, -0.2) is 41.3 Å². The number of rotatable bonds is 2. The molecule has 2 aromatic carbocycles. The van der Waals surface area contributed by atoms with Crippen LogP contribution in [0.3, 0.4) is 0 Å². The minimum absolute atomic E-state index is 0.169. The number of hydrogen-bond donors (Lipinski definition) is 1. The molecule has 0 aliphatic carbocycles. The minimum Gasteiger partial charge on any atom is -0.378 e. The number of aromatic nitrogens is 3. The van der Waals surface area contributed by atoms with E-state index in [0.29, 0.717) is 43.3 Å². The van der Waals surface area contributed by atoms with Crippen molar-refractivity contribution in [1.29, 1.82) is 0 Å². The number of hydrogen-bond acceptors (Lipinski definition) is 5. The first-order valence-corrected chi connectivity index (χ1v) is 9.01. The van der Waals surface area contributed by atoms with E-state index in [1.165, 1.54) is 0 Å². The van der Waals surface area contributed by atoms with E-state index in [0.717, 1.165) is 21.9 Å². The summed E-state index contributed by atoms with van der Waals surface area (Å²) >= 11 is 0. The number of anilines is 1. The summed E-state index contributed by atoms with van der Waals surface area (Å²) in [7, 11) is 0. The second-order valence-electron chi connectivity index (χ2n) is 6.57. The number of fused-ring (bicyclic) bond motifs is 2. The molecule has 1 saturated heterocycles. The van der Waals surface area contributed by atoms with Crippen LogP contribution < -0.4 is 10.5 Å². The number of H-pyrrole nitrogens is 1. The molecular weight excluding hydrogens is 340 g/mol. The molecule has 1 N–H and O–H groups in total. The smallest absolute Gasteiger partial charge is 0.262 e. The molecule has 0 spiro atoms. The summed E-state index contributed by atoms with van der Waals surface area (Å²) in [6.07, 6.45) is 1.72. The van der Waals surface area contributed by atoms with E-state index in [2.05, 4.69) is 33.2 Å². The molecule has 1 fully saturated rings. The fourth-order valence-electron chi connectivity index (χ4n) is 3.66. The summed E-state index contributed by atoms with van der Waals surface area (Å²) in [5.41, 5.74) is 2.15. The molecule has 0 radical (unpaired) electrons. The molecule has 1 aliphatic rings. The van der Waals surface area contributed by atoms with Gasteiger partial charge in [0.15, 0.2) is 5.65 Å². The Hall–Kier alpha value is -3.25. The Balaban J connectivity index is 1.73. The Labute approximate surface area is 155 Å². The van der Waals surface area contributed by atoms with Crippen molar-refractivity contribution in [2.75, 3.05) is 31.2 Å². The van der Waals surface area contributed by atoms with Crippen LogP contribution in [0.5, 0.6) is 0 Å². The van der Waals surface area contributed by atoms with Gasteiger partial charge in [0, 0.05) is 24.8 Å². The number of nitrogens with one attached hydrogen (secondary N) is 1. The van der Waals surface area contributed by atoms with Crippen molar-refractivity contribution in [3.63, 3.8) is 0 Å². The van der Waals surface area contributed by atoms with Gasteiger partial charge < -0.3 is 9.64 Å². The fourth-order valence-corrected chi connectivity index (χ4v) is 3.66. The molecule has 0 unspecified atom stereocenters. The van der Waals surface area contributed by atoms with Gasteiger partial charge in [-0.1, -0.05) is 42.5 Å². The minimum atomic E-state index is -0.169. The van der Waals surface area contributed by atoms with Crippen LogP contribution in [0.2, 0.25) is 0 Å². The molecule has 2 aromatic heterocycles. The third kappa shape index (κ3) is 2.74. The van der Waals surface area contributed by atoms with Gasteiger partial charge in [-0.3, -0.25) is 9.78 Å². The molecule has 0 bridgehead atoms. The van der Waals surface area contributed by atoms with E-state index in [4.69, 9.17) is 4.74 Å². The first-order chi connectivity index (χ1) is 13.3. The Bertz CT molecular complexity index is 1190. The second-order valence-corrected chi connectivity index (χ2v) is 6.57. The van der Waals surface area contributed by atoms with Gasteiger partial charge in [-0.25, -0.2) is 4.98 Å². The van der Waals surface area contributed by atoms with Crippen LogP contribution in [0.1, 0.15) is 0 Å². The number of aromatic amines is 1. The monoisotopic (exact) mass is 358 g/mol. The summed E-state index contributed by atoms with van der Waals surface area (Å²) in [6.45, 7) is 2.67. The quantitative estimate of drug-likeness (QED) is 0.596. The number of benzene rings is 2. The number of nitrogens with zero attached hydrogens (tertiary/aromatic N) is 3. The molecule has 6 nitrogen and oxygen atoms in total. The highest BCUT2D eigenvalue weighted by Gasteiger charge is 2.17. The van der Waals surface area contributed by atoms with E-state index in [1.54, 1.807) is 6.20 Å². The average Bonchev–Trinajstić information content (AvgIpc) is 2.73. The van der Waals surface area contributed by atoms with Crippen LogP contribution >= 0.6 is 0 Å². The standard InChI is InChI=1S/C21H18N4O2/c26-20-18-17(16-7-3-5-14-4-1-2-6-15(14)16)8-9-22-19(18)23-21(24-20)25-10-12-27-13-11-25/h1-9H,10-13H2,(H,22,23,24,26). The molecular formula is C21H18N4O2. The Morgan fingerprint density at radius 1 is 0.963 bits per heavy atom. The van der Waals surface area contributed by atoms with Crippen molar-refractivity contribution in [2.45, 2.75) is 0 Å². The topological polar surface area (TPSA) is 71.1 Å². The summed E-state index contributed by atoms with van der Waals surface area (Å²) in [6, 6.07) is 16.2. The van der Waals surface area contributed by atoms with Crippen LogP contribution in [0.25, 0.3) is 32.9 Å². The van der Waals surface area contributed by atoms with Crippen molar-refractivity contribution in [1.82, 2.24) is 15.0 Å². The summed E-state index contributed by atoms with van der Waals surface area (Å²) in [5, 5.41) is 2.75. The van der Waals surface area contributed by atoms with Crippen LogP contribution in [0.15, 0.2) is 59.5 Å². The van der Waals surface area contributed by atoms with Gasteiger partial charge in [-0.05, 0) is 22.4 Å². The molecule has 0 amide bonds. The zero-order chi connectivity index (χ0) is 18.2. The highest BCUT2D eigenvalue weighted by molar-refractivity contribution is 6.03. The van der Waals surface area contributed by atoms with Crippen molar-refractivity contribution in [2.24, 2.45) is 0 Å². The van der Waals surface area contributed by atoms with E-state index in [-0.39, 0.29) is 5.56 Å². The lowest BCUT2D eigenvalue weighted by Gasteiger charge is -2.27. The first-order valence-electron chi connectivity index (χ1n) is 9.01. The summed E-state index contributed by atoms with van der Waals surface area (Å²) in [5.74, 6) is 0.554. The predicted octanol–water partition coefficient (Wildman–Crippen LogP) is 2.97. The third-order valence-corrected chi connectivity index (χ3v) is 4.99. The lowest BCUT2D eigenvalue weighted by Crippen LogP contribution is -2.38. The van der Waals surface area contributed by atoms with Gasteiger partial charge in [0.2, 0.25) is 5.95 Å². The van der Waals surface area contributed by atoms with E-state index in [1.807, 2.05) is 35.2 Å². The van der Waals surface area contributed by atoms with Gasteiger partial charge >= 0.3 is 0 Å². The van der Waals surface area contributed by atoms with Crippen molar-refractivity contribution in [3.05, 3.63) is 65.1 Å². The molecule has 6 heteroatoms. The van der Waals surface area contributed by atoms with E-state index < -0.39 is 0 Å². The van der Waals surface area contributed by atoms with Gasteiger partial charge in [0.1, 0.15) is 0 Å². The maximum Gasteiger partial charge on any atom is 0.262 e. The maximum absolute atomic E-state index is 13.0. The fraction of sp³-hybridized carbons (Fsp3) is 0.190. The average molecular weight is 358 g/mol. The molecule has 134 valence electrons. The molecule has 0 saturated carbocycles. The van der Waals surface area contributed by atoms with Crippen molar-refractivity contribution >= 4 is 27.8 Å². The normalized spacial score (nSPS) is 14.7. The van der Waals surface area contributed by atoms with Crippen molar-refractivity contribution < 1.29 is 4.74 Å². The Morgan fingerprint density at radius 3 is 2.67 bits per heavy atom. The molecule has 1 aliphatic heterocycles.